The first-order valence-electron chi connectivity index (χ1n) is 7.01. The van der Waals surface area contributed by atoms with Crippen LogP contribution in [0.3, 0.4) is 0 Å². The second-order valence-electron chi connectivity index (χ2n) is 4.65. The Morgan fingerprint density at radius 1 is 1.43 bits per heavy atom. The summed E-state index contributed by atoms with van der Waals surface area (Å²) in [5.74, 6) is 0.172. The molecule has 1 N–H and O–H groups in total. The van der Waals surface area contributed by atoms with Crippen molar-refractivity contribution in [2.75, 3.05) is 0 Å². The summed E-state index contributed by atoms with van der Waals surface area (Å²) in [5.41, 5.74) is 0. The largest absolute Gasteiger partial charge is 0.484 e. The lowest BCUT2D eigenvalue weighted by atomic mass is 10.3. The molecule has 7 heteroatoms. The summed E-state index contributed by atoms with van der Waals surface area (Å²) in [6.45, 7) is 5.12. The van der Waals surface area contributed by atoms with Crippen molar-refractivity contribution in [1.29, 1.82) is 0 Å². The number of ether oxygens (including phenoxy) is 1. The van der Waals surface area contributed by atoms with Gasteiger partial charge < -0.3 is 9.84 Å². The summed E-state index contributed by atoms with van der Waals surface area (Å²) in [4.78, 5) is 16.7. The Labute approximate surface area is 127 Å². The monoisotopic (exact) mass is 309 g/mol. The highest BCUT2D eigenvalue weighted by atomic mass is 32.1. The number of carboxylic acids is 1. The summed E-state index contributed by atoms with van der Waals surface area (Å²) in [7, 11) is 0. The molecule has 0 aromatic carbocycles. The molecular weight excluding hydrogens is 290 g/mol. The highest BCUT2D eigenvalue weighted by Gasteiger charge is 2.17. The second-order valence-corrected chi connectivity index (χ2v) is 5.79. The lowest BCUT2D eigenvalue weighted by Gasteiger charge is -2.06. The van der Waals surface area contributed by atoms with Crippen molar-refractivity contribution < 1.29 is 14.6 Å². The molecule has 0 aliphatic carbocycles. The van der Waals surface area contributed by atoms with E-state index in [9.17, 15) is 9.90 Å². The Balaban J connectivity index is 2.11. The summed E-state index contributed by atoms with van der Waals surface area (Å²) >= 11 is 1.28. The van der Waals surface area contributed by atoms with Gasteiger partial charge in [0.15, 0.2) is 10.7 Å². The van der Waals surface area contributed by atoms with Crippen molar-refractivity contribution in [2.24, 2.45) is 0 Å². The fourth-order valence-corrected chi connectivity index (χ4v) is 3.03. The lowest BCUT2D eigenvalue weighted by Crippen LogP contribution is -2.09. The fraction of sp³-hybridized carbons (Fsp3) is 0.500. The smallest absolute Gasteiger partial charge is 0.349 e. The van der Waals surface area contributed by atoms with Crippen LogP contribution < -0.4 is 4.74 Å². The molecule has 0 unspecified atom stereocenters. The predicted molar refractivity (Wildman–Crippen MR) is 79.9 cm³/mol. The molecule has 0 aliphatic rings. The van der Waals surface area contributed by atoms with Crippen LogP contribution in [0.4, 0.5) is 0 Å². The molecule has 0 aliphatic heterocycles. The Morgan fingerprint density at radius 2 is 2.24 bits per heavy atom. The zero-order chi connectivity index (χ0) is 15.2. The van der Waals surface area contributed by atoms with E-state index in [1.54, 1.807) is 4.68 Å². The van der Waals surface area contributed by atoms with Crippen molar-refractivity contribution in [2.45, 2.75) is 46.3 Å². The van der Waals surface area contributed by atoms with E-state index in [2.05, 4.69) is 23.9 Å². The number of aryl methyl sites for hydroxylation is 2. The maximum atomic E-state index is 11.3. The Morgan fingerprint density at radius 3 is 2.90 bits per heavy atom. The normalized spacial score (nSPS) is 10.8. The number of rotatable bonds is 8. The molecule has 6 nitrogen and oxygen atoms in total. The number of thiophene rings is 1. The lowest BCUT2D eigenvalue weighted by molar-refractivity contribution is 0.0697. The molecule has 0 saturated carbocycles. The summed E-state index contributed by atoms with van der Waals surface area (Å²) in [6, 6.07) is 1.82. The van der Waals surface area contributed by atoms with Crippen LogP contribution in [0.5, 0.6) is 5.75 Å². The molecule has 2 aromatic heterocycles. The first kappa shape index (κ1) is 15.5. The molecule has 2 rings (SSSR count). The number of aromatic carboxylic acids is 1. The minimum Gasteiger partial charge on any atom is -0.484 e. The number of hydrogen-bond donors (Lipinski definition) is 1. The van der Waals surface area contributed by atoms with Crippen molar-refractivity contribution in [3.05, 3.63) is 28.0 Å². The molecule has 0 spiro atoms. The second kappa shape index (κ2) is 7.21. The van der Waals surface area contributed by atoms with Crippen LogP contribution in [-0.2, 0) is 19.6 Å². The van der Waals surface area contributed by atoms with Gasteiger partial charge in [-0.3, -0.25) is 0 Å². The zero-order valence-electron chi connectivity index (χ0n) is 12.2. The van der Waals surface area contributed by atoms with Crippen molar-refractivity contribution in [3.63, 3.8) is 0 Å². The molecule has 0 amide bonds. The molecule has 0 saturated heterocycles. The van der Waals surface area contributed by atoms with Gasteiger partial charge in [0.1, 0.15) is 18.7 Å². The van der Waals surface area contributed by atoms with Crippen LogP contribution >= 0.6 is 11.3 Å². The van der Waals surface area contributed by atoms with Crippen LogP contribution in [0, 0.1) is 0 Å². The SMILES string of the molecule is CCCc1cc(OCc2ncnn2CCC)c(C(=O)O)s1. The van der Waals surface area contributed by atoms with Gasteiger partial charge in [0.2, 0.25) is 0 Å². The minimum absolute atomic E-state index is 0.225. The van der Waals surface area contributed by atoms with Gasteiger partial charge in [0.05, 0.1) is 0 Å². The number of hydrogen-bond acceptors (Lipinski definition) is 5. The molecule has 0 bridgehead atoms. The third-order valence-electron chi connectivity index (χ3n) is 2.93. The topological polar surface area (TPSA) is 77.2 Å². The molecular formula is C14H19N3O3S. The van der Waals surface area contributed by atoms with Crippen molar-refractivity contribution in [1.82, 2.24) is 14.8 Å². The van der Waals surface area contributed by atoms with E-state index >= 15 is 0 Å². The van der Waals surface area contributed by atoms with E-state index in [-0.39, 0.29) is 11.5 Å². The van der Waals surface area contributed by atoms with Gasteiger partial charge in [-0.25, -0.2) is 14.5 Å². The summed E-state index contributed by atoms with van der Waals surface area (Å²) < 4.78 is 7.44. The average Bonchev–Trinajstić information content (AvgIpc) is 3.04. The maximum Gasteiger partial charge on any atom is 0.349 e. The quantitative estimate of drug-likeness (QED) is 0.811. The van der Waals surface area contributed by atoms with Crippen molar-refractivity contribution >= 4 is 17.3 Å². The number of carboxylic acid groups (broad SMARTS) is 1. The van der Waals surface area contributed by atoms with Gasteiger partial charge in [-0.1, -0.05) is 20.3 Å². The third kappa shape index (κ3) is 3.81. The Bertz CT molecular complexity index is 606. The van der Waals surface area contributed by atoms with Crippen LogP contribution in [0.2, 0.25) is 0 Å². The minimum atomic E-state index is -0.952. The van der Waals surface area contributed by atoms with E-state index in [0.717, 1.165) is 30.7 Å². The highest BCUT2D eigenvalue weighted by Crippen LogP contribution is 2.30. The highest BCUT2D eigenvalue weighted by molar-refractivity contribution is 7.14. The number of nitrogens with zero attached hydrogens (tertiary/aromatic N) is 3. The predicted octanol–water partition coefficient (Wildman–Crippen LogP) is 2.98. The van der Waals surface area contributed by atoms with Gasteiger partial charge in [0.25, 0.3) is 0 Å². The molecule has 0 radical (unpaired) electrons. The zero-order valence-corrected chi connectivity index (χ0v) is 13.0. The standard InChI is InChI=1S/C14H19N3O3S/c1-3-5-10-7-11(13(21-10)14(18)19)20-8-12-15-9-16-17(12)6-4-2/h7,9H,3-6,8H2,1-2H3,(H,18,19). The molecule has 114 valence electrons. The number of carbonyl (C=O) groups is 1. The maximum absolute atomic E-state index is 11.3. The van der Waals surface area contributed by atoms with E-state index in [4.69, 9.17) is 4.74 Å². The van der Waals surface area contributed by atoms with Gasteiger partial charge in [0, 0.05) is 11.4 Å². The van der Waals surface area contributed by atoms with Gasteiger partial charge in [-0.15, -0.1) is 11.3 Å². The van der Waals surface area contributed by atoms with Gasteiger partial charge in [-0.05, 0) is 18.9 Å². The summed E-state index contributed by atoms with van der Waals surface area (Å²) in [5, 5.41) is 13.4. The molecule has 0 atom stereocenters. The molecule has 0 fully saturated rings. The number of aromatic nitrogens is 3. The Kier molecular flexibility index (Phi) is 5.32. The third-order valence-corrected chi connectivity index (χ3v) is 4.09. The van der Waals surface area contributed by atoms with E-state index in [0.29, 0.717) is 11.6 Å². The molecule has 2 heterocycles. The summed E-state index contributed by atoms with van der Waals surface area (Å²) in [6.07, 6.45) is 4.28. The molecule has 21 heavy (non-hydrogen) atoms. The van der Waals surface area contributed by atoms with Crippen LogP contribution in [0.25, 0.3) is 0 Å². The average molecular weight is 309 g/mol. The first-order valence-corrected chi connectivity index (χ1v) is 7.82. The van der Waals surface area contributed by atoms with E-state index in [1.807, 2.05) is 6.07 Å². The fourth-order valence-electron chi connectivity index (χ4n) is 1.99. The van der Waals surface area contributed by atoms with Gasteiger partial charge in [-0.2, -0.15) is 5.10 Å². The van der Waals surface area contributed by atoms with E-state index in [1.165, 1.54) is 17.7 Å². The Hall–Kier alpha value is -1.89. The van der Waals surface area contributed by atoms with Crippen molar-refractivity contribution in [3.8, 4) is 5.75 Å². The van der Waals surface area contributed by atoms with Crippen LogP contribution in [0.1, 0.15) is 47.1 Å². The molecule has 2 aromatic rings. The van der Waals surface area contributed by atoms with Crippen LogP contribution in [0.15, 0.2) is 12.4 Å². The van der Waals surface area contributed by atoms with Crippen LogP contribution in [-0.4, -0.2) is 25.8 Å². The van der Waals surface area contributed by atoms with Gasteiger partial charge >= 0.3 is 5.97 Å². The van der Waals surface area contributed by atoms with E-state index < -0.39 is 5.97 Å². The first-order chi connectivity index (χ1) is 10.2.